The number of hydrogen-bond acceptors (Lipinski definition) is 7. The summed E-state index contributed by atoms with van der Waals surface area (Å²) in [6.07, 6.45) is 2.32. The molecule has 2 aromatic rings. The third-order valence-electron chi connectivity index (χ3n) is 4.03. The van der Waals surface area contributed by atoms with Crippen molar-refractivity contribution >= 4 is 38.2 Å². The monoisotopic (exact) mass is 410 g/mol. The van der Waals surface area contributed by atoms with E-state index in [9.17, 15) is 18.0 Å². The number of thiazole rings is 1. The smallest absolute Gasteiger partial charge is 0.308 e. The molecule has 9 heteroatoms. The summed E-state index contributed by atoms with van der Waals surface area (Å²) >= 11 is 0.937. The second-order valence-electron chi connectivity index (χ2n) is 6.00. The number of ether oxygens (including phenoxy) is 1. The first-order valence-corrected chi connectivity index (χ1v) is 10.8. The van der Waals surface area contributed by atoms with Gasteiger partial charge in [0.1, 0.15) is 9.96 Å². The lowest BCUT2D eigenvalue weighted by molar-refractivity contribution is -0.131. The van der Waals surface area contributed by atoms with E-state index < -0.39 is 27.0 Å². The van der Waals surface area contributed by atoms with E-state index in [0.717, 1.165) is 11.3 Å². The molecule has 146 valence electrons. The number of anilines is 1. The Balaban J connectivity index is 2.17. The Morgan fingerprint density at radius 1 is 1.26 bits per heavy atom. The Morgan fingerprint density at radius 3 is 2.48 bits per heavy atom. The van der Waals surface area contributed by atoms with Crippen molar-refractivity contribution in [1.29, 1.82) is 0 Å². The quantitative estimate of drug-likeness (QED) is 0.553. The fourth-order valence-corrected chi connectivity index (χ4v) is 5.63. The SMILES string of the molecule is CCC(CC)S(=O)(=O)c1cnc(NC(=O)c2ccc(OC(C)=O)c(C)c2)s1. The van der Waals surface area contributed by atoms with E-state index in [4.69, 9.17) is 4.74 Å². The Hall–Kier alpha value is -2.26. The molecule has 0 saturated carbocycles. The number of carbonyl (C=O) groups excluding carboxylic acids is 2. The fourth-order valence-electron chi connectivity index (χ4n) is 2.57. The normalized spacial score (nSPS) is 11.4. The van der Waals surface area contributed by atoms with Crippen molar-refractivity contribution < 1.29 is 22.7 Å². The highest BCUT2D eigenvalue weighted by Gasteiger charge is 2.27. The van der Waals surface area contributed by atoms with Crippen molar-refractivity contribution in [2.24, 2.45) is 0 Å². The average molecular weight is 411 g/mol. The second kappa shape index (κ2) is 8.62. The molecule has 0 aliphatic rings. The van der Waals surface area contributed by atoms with E-state index >= 15 is 0 Å². The molecule has 1 heterocycles. The topological polar surface area (TPSA) is 102 Å². The molecule has 1 amide bonds. The minimum absolute atomic E-state index is 0.146. The lowest BCUT2D eigenvalue weighted by Crippen LogP contribution is -2.18. The lowest BCUT2D eigenvalue weighted by Gasteiger charge is -2.11. The molecule has 1 aromatic carbocycles. The van der Waals surface area contributed by atoms with E-state index in [1.807, 2.05) is 13.8 Å². The molecular weight excluding hydrogens is 388 g/mol. The predicted molar refractivity (Wildman–Crippen MR) is 104 cm³/mol. The van der Waals surface area contributed by atoms with E-state index in [0.29, 0.717) is 29.7 Å². The number of carbonyl (C=O) groups is 2. The highest BCUT2D eigenvalue weighted by Crippen LogP contribution is 2.29. The van der Waals surface area contributed by atoms with Gasteiger partial charge in [-0.2, -0.15) is 0 Å². The molecule has 2 rings (SSSR count). The highest BCUT2D eigenvalue weighted by molar-refractivity contribution is 7.94. The molecule has 0 radical (unpaired) electrons. The van der Waals surface area contributed by atoms with E-state index in [1.165, 1.54) is 25.3 Å². The summed E-state index contributed by atoms with van der Waals surface area (Å²) < 4.78 is 30.3. The van der Waals surface area contributed by atoms with Crippen LogP contribution in [0.15, 0.2) is 28.6 Å². The molecule has 0 atom stereocenters. The van der Waals surface area contributed by atoms with Gasteiger partial charge in [-0.15, -0.1) is 0 Å². The molecule has 0 aliphatic carbocycles. The van der Waals surface area contributed by atoms with Crippen LogP contribution in [0.4, 0.5) is 5.13 Å². The maximum atomic E-state index is 12.6. The van der Waals surface area contributed by atoms with Crippen LogP contribution in [0, 0.1) is 6.92 Å². The molecule has 0 fully saturated rings. The summed E-state index contributed by atoms with van der Waals surface area (Å²) in [6, 6.07) is 4.65. The van der Waals surface area contributed by atoms with Crippen LogP contribution in [0.25, 0.3) is 0 Å². The van der Waals surface area contributed by atoms with Crippen molar-refractivity contribution in [2.75, 3.05) is 5.32 Å². The number of sulfone groups is 1. The van der Waals surface area contributed by atoms with Crippen molar-refractivity contribution in [3.8, 4) is 5.75 Å². The largest absolute Gasteiger partial charge is 0.426 e. The molecule has 0 saturated heterocycles. The number of nitrogens with zero attached hydrogens (tertiary/aromatic N) is 1. The molecular formula is C18H22N2O5S2. The number of hydrogen-bond donors (Lipinski definition) is 1. The van der Waals surface area contributed by atoms with Crippen molar-refractivity contribution in [3.05, 3.63) is 35.5 Å². The van der Waals surface area contributed by atoms with Crippen LogP contribution in [-0.4, -0.2) is 30.5 Å². The van der Waals surface area contributed by atoms with Gasteiger partial charge in [-0.25, -0.2) is 13.4 Å². The fraction of sp³-hybridized carbons (Fsp3) is 0.389. The molecule has 1 N–H and O–H groups in total. The first-order chi connectivity index (χ1) is 12.7. The number of amides is 1. The maximum Gasteiger partial charge on any atom is 0.308 e. The van der Waals surface area contributed by atoms with Crippen LogP contribution < -0.4 is 10.1 Å². The second-order valence-corrected chi connectivity index (χ2v) is 9.48. The number of aromatic nitrogens is 1. The van der Waals surface area contributed by atoms with Crippen LogP contribution >= 0.6 is 11.3 Å². The summed E-state index contributed by atoms with van der Waals surface area (Å²) in [4.78, 5) is 27.5. The van der Waals surface area contributed by atoms with Crippen LogP contribution in [0.5, 0.6) is 5.75 Å². The number of aryl methyl sites for hydroxylation is 1. The Morgan fingerprint density at radius 2 is 1.93 bits per heavy atom. The number of nitrogens with one attached hydrogen (secondary N) is 1. The van der Waals surface area contributed by atoms with Gasteiger partial charge in [0.25, 0.3) is 5.91 Å². The van der Waals surface area contributed by atoms with Crippen molar-refractivity contribution in [3.63, 3.8) is 0 Å². The number of esters is 1. The minimum Gasteiger partial charge on any atom is -0.426 e. The van der Waals surface area contributed by atoms with Crippen molar-refractivity contribution in [1.82, 2.24) is 4.98 Å². The van der Waals surface area contributed by atoms with Gasteiger partial charge in [-0.05, 0) is 43.5 Å². The first-order valence-electron chi connectivity index (χ1n) is 8.49. The highest BCUT2D eigenvalue weighted by atomic mass is 32.2. The maximum absolute atomic E-state index is 12.6. The summed E-state index contributed by atoms with van der Waals surface area (Å²) in [6.45, 7) is 6.68. The van der Waals surface area contributed by atoms with E-state index in [1.54, 1.807) is 13.0 Å². The Kier molecular flexibility index (Phi) is 6.72. The molecule has 0 aliphatic heterocycles. The summed E-state index contributed by atoms with van der Waals surface area (Å²) in [5.41, 5.74) is 0.983. The van der Waals surface area contributed by atoms with Crippen LogP contribution in [-0.2, 0) is 14.6 Å². The van der Waals surface area contributed by atoms with Gasteiger partial charge in [0.15, 0.2) is 15.0 Å². The van der Waals surface area contributed by atoms with Crippen LogP contribution in [0.2, 0.25) is 0 Å². The predicted octanol–water partition coefficient (Wildman–Crippen LogP) is 3.59. The third-order valence-corrected chi connectivity index (χ3v) is 7.89. The van der Waals surface area contributed by atoms with Gasteiger partial charge in [0, 0.05) is 12.5 Å². The zero-order valence-corrected chi connectivity index (χ0v) is 17.2. The molecule has 0 spiro atoms. The zero-order chi connectivity index (χ0) is 20.2. The first kappa shape index (κ1) is 21.0. The van der Waals surface area contributed by atoms with Gasteiger partial charge in [-0.1, -0.05) is 25.2 Å². The molecule has 1 aromatic heterocycles. The van der Waals surface area contributed by atoms with Gasteiger partial charge in [0.05, 0.1) is 11.4 Å². The Bertz CT molecular complexity index is 946. The van der Waals surface area contributed by atoms with Crippen LogP contribution in [0.1, 0.15) is 49.5 Å². The van der Waals surface area contributed by atoms with Gasteiger partial charge >= 0.3 is 5.97 Å². The molecule has 0 unspecified atom stereocenters. The number of benzene rings is 1. The number of rotatable bonds is 7. The van der Waals surface area contributed by atoms with Gasteiger partial charge < -0.3 is 4.74 Å². The summed E-state index contributed by atoms with van der Waals surface area (Å²) in [7, 11) is -3.45. The van der Waals surface area contributed by atoms with E-state index in [2.05, 4.69) is 10.3 Å². The third kappa shape index (κ3) is 4.92. The van der Waals surface area contributed by atoms with E-state index in [-0.39, 0.29) is 9.34 Å². The molecule has 0 bridgehead atoms. The average Bonchev–Trinajstić information content (AvgIpc) is 3.06. The summed E-state index contributed by atoms with van der Waals surface area (Å²) in [5, 5.41) is 2.36. The molecule has 7 nitrogen and oxygen atoms in total. The lowest BCUT2D eigenvalue weighted by atomic mass is 10.1. The zero-order valence-electron chi connectivity index (χ0n) is 15.6. The Labute approximate surface area is 162 Å². The van der Waals surface area contributed by atoms with Crippen molar-refractivity contribution in [2.45, 2.75) is 50.0 Å². The van der Waals surface area contributed by atoms with Gasteiger partial charge in [0.2, 0.25) is 0 Å². The standard InChI is InChI=1S/C18H22N2O5S2/c1-5-14(6-2)27(23,24)16-10-19-18(26-16)20-17(22)13-7-8-15(11(3)9-13)25-12(4)21/h7-10,14H,5-6H2,1-4H3,(H,19,20,22). The van der Waals surface area contributed by atoms with Gasteiger partial charge in [-0.3, -0.25) is 14.9 Å². The summed E-state index contributed by atoms with van der Waals surface area (Å²) in [5.74, 6) is -0.482. The van der Waals surface area contributed by atoms with Crippen LogP contribution in [0.3, 0.4) is 0 Å². The minimum atomic E-state index is -3.45. The molecule has 27 heavy (non-hydrogen) atoms.